The van der Waals surface area contributed by atoms with Crippen LogP contribution in [0.5, 0.6) is 11.5 Å². The molecule has 1 heterocycles. The summed E-state index contributed by atoms with van der Waals surface area (Å²) in [5.74, 6) is 1.46. The number of benzene rings is 2. The van der Waals surface area contributed by atoms with Crippen LogP contribution in [0.15, 0.2) is 54.1 Å². The summed E-state index contributed by atoms with van der Waals surface area (Å²) in [6.07, 6.45) is 2.35. The van der Waals surface area contributed by atoms with Crippen molar-refractivity contribution in [1.29, 1.82) is 0 Å². The Labute approximate surface area is 117 Å². The van der Waals surface area contributed by atoms with E-state index in [2.05, 4.69) is 0 Å². The summed E-state index contributed by atoms with van der Waals surface area (Å²) < 4.78 is 11.2. The predicted molar refractivity (Wildman–Crippen MR) is 76.8 cm³/mol. The lowest BCUT2D eigenvalue weighted by atomic mass is 9.97. The zero-order chi connectivity index (χ0) is 13.9. The van der Waals surface area contributed by atoms with Gasteiger partial charge in [-0.3, -0.25) is 4.79 Å². The van der Waals surface area contributed by atoms with Crippen molar-refractivity contribution in [3.05, 3.63) is 65.2 Å². The van der Waals surface area contributed by atoms with E-state index in [4.69, 9.17) is 9.47 Å². The van der Waals surface area contributed by atoms with Crippen LogP contribution in [0.2, 0.25) is 0 Å². The molecule has 0 aliphatic carbocycles. The minimum Gasteiger partial charge on any atom is -0.497 e. The Morgan fingerprint density at radius 1 is 1.15 bits per heavy atom. The van der Waals surface area contributed by atoms with Crippen LogP contribution in [0.25, 0.3) is 6.08 Å². The Kier molecular flexibility index (Phi) is 3.25. The summed E-state index contributed by atoms with van der Waals surface area (Å²) >= 11 is 0. The second-order valence-corrected chi connectivity index (χ2v) is 4.57. The number of hydrogen-bond acceptors (Lipinski definition) is 3. The summed E-state index contributed by atoms with van der Waals surface area (Å²) in [6.45, 7) is 0. The number of rotatable bonds is 3. The molecule has 0 saturated carbocycles. The van der Waals surface area contributed by atoms with Gasteiger partial charge < -0.3 is 9.47 Å². The number of fused-ring (bicyclic) bond motifs is 1. The predicted octanol–water partition coefficient (Wildman–Crippen LogP) is 3.41. The Morgan fingerprint density at radius 3 is 2.65 bits per heavy atom. The topological polar surface area (TPSA) is 35.5 Å². The van der Waals surface area contributed by atoms with Gasteiger partial charge in [0, 0.05) is 17.2 Å². The van der Waals surface area contributed by atoms with E-state index in [-0.39, 0.29) is 6.10 Å². The van der Waals surface area contributed by atoms with Gasteiger partial charge in [-0.2, -0.15) is 0 Å². The smallest absolute Gasteiger partial charge is 0.152 e. The lowest BCUT2D eigenvalue weighted by Crippen LogP contribution is -2.15. The maximum Gasteiger partial charge on any atom is 0.152 e. The van der Waals surface area contributed by atoms with E-state index in [1.54, 1.807) is 7.11 Å². The van der Waals surface area contributed by atoms with Crippen LogP contribution < -0.4 is 9.47 Å². The molecule has 0 amide bonds. The van der Waals surface area contributed by atoms with Gasteiger partial charge in [0.25, 0.3) is 0 Å². The van der Waals surface area contributed by atoms with Crippen LogP contribution in [0.4, 0.5) is 0 Å². The van der Waals surface area contributed by atoms with Gasteiger partial charge in [0.15, 0.2) is 6.10 Å². The Balaban J connectivity index is 2.05. The van der Waals surface area contributed by atoms with Crippen LogP contribution >= 0.6 is 0 Å². The van der Waals surface area contributed by atoms with Crippen molar-refractivity contribution >= 4 is 12.4 Å². The molecular weight excluding hydrogens is 252 g/mol. The summed E-state index contributed by atoms with van der Waals surface area (Å²) in [6, 6.07) is 15.3. The van der Waals surface area contributed by atoms with Crippen LogP contribution in [-0.2, 0) is 4.79 Å². The Bertz CT molecular complexity index is 659. The van der Waals surface area contributed by atoms with Gasteiger partial charge in [0.05, 0.1) is 7.11 Å². The van der Waals surface area contributed by atoms with Gasteiger partial charge >= 0.3 is 0 Å². The van der Waals surface area contributed by atoms with E-state index in [0.717, 1.165) is 28.9 Å². The van der Waals surface area contributed by atoms with Crippen LogP contribution in [-0.4, -0.2) is 13.4 Å². The standard InChI is InChI=1S/C17H14O3/c1-19-15-8-7-13-9-14(11-18)17(20-16(13)10-15)12-5-3-2-4-6-12/h2-11,17H,1H3. The molecule has 1 aliphatic heterocycles. The molecule has 2 aromatic rings. The molecule has 0 saturated heterocycles. The highest BCUT2D eigenvalue weighted by molar-refractivity contribution is 5.86. The van der Waals surface area contributed by atoms with E-state index in [9.17, 15) is 4.79 Å². The van der Waals surface area contributed by atoms with Gasteiger partial charge in [-0.15, -0.1) is 0 Å². The van der Waals surface area contributed by atoms with Crippen molar-refractivity contribution in [1.82, 2.24) is 0 Å². The monoisotopic (exact) mass is 266 g/mol. The molecule has 20 heavy (non-hydrogen) atoms. The molecule has 3 rings (SSSR count). The van der Waals surface area contributed by atoms with Crippen molar-refractivity contribution in [3.63, 3.8) is 0 Å². The lowest BCUT2D eigenvalue weighted by molar-refractivity contribution is -0.105. The molecule has 0 radical (unpaired) electrons. The first-order valence-corrected chi connectivity index (χ1v) is 6.38. The number of aldehydes is 1. The second kappa shape index (κ2) is 5.21. The molecule has 1 atom stereocenters. The zero-order valence-electron chi connectivity index (χ0n) is 11.1. The van der Waals surface area contributed by atoms with Gasteiger partial charge in [0.2, 0.25) is 0 Å². The molecular formula is C17H14O3. The third-order valence-corrected chi connectivity index (χ3v) is 3.33. The van der Waals surface area contributed by atoms with Crippen molar-refractivity contribution in [2.75, 3.05) is 7.11 Å². The molecule has 0 fully saturated rings. The highest BCUT2D eigenvalue weighted by Gasteiger charge is 2.24. The maximum absolute atomic E-state index is 11.3. The molecule has 0 aromatic heterocycles. The van der Waals surface area contributed by atoms with Gasteiger partial charge in [-0.05, 0) is 23.8 Å². The highest BCUT2D eigenvalue weighted by Crippen LogP contribution is 2.38. The fourth-order valence-corrected chi connectivity index (χ4v) is 2.30. The summed E-state index contributed by atoms with van der Waals surface area (Å²) in [7, 11) is 1.62. The number of carbonyl (C=O) groups is 1. The Hall–Kier alpha value is -2.55. The molecule has 1 unspecified atom stereocenters. The molecule has 100 valence electrons. The molecule has 1 aliphatic rings. The lowest BCUT2D eigenvalue weighted by Gasteiger charge is -2.25. The number of hydrogen-bond donors (Lipinski definition) is 0. The van der Waals surface area contributed by atoms with Crippen molar-refractivity contribution in [3.8, 4) is 11.5 Å². The van der Waals surface area contributed by atoms with Gasteiger partial charge in [-0.25, -0.2) is 0 Å². The number of carbonyl (C=O) groups excluding carboxylic acids is 1. The first-order valence-electron chi connectivity index (χ1n) is 6.38. The average molecular weight is 266 g/mol. The summed E-state index contributed by atoms with van der Waals surface area (Å²) in [5.41, 5.74) is 2.47. The first-order chi connectivity index (χ1) is 9.81. The third kappa shape index (κ3) is 2.18. The maximum atomic E-state index is 11.3. The highest BCUT2D eigenvalue weighted by atomic mass is 16.5. The van der Waals surface area contributed by atoms with E-state index in [1.807, 2.05) is 54.6 Å². The SMILES string of the molecule is COc1ccc2c(c1)OC(c1ccccc1)C(C=O)=C2. The minimum absolute atomic E-state index is 0.367. The molecule has 3 heteroatoms. The van der Waals surface area contributed by atoms with Crippen LogP contribution in [0.1, 0.15) is 17.2 Å². The summed E-state index contributed by atoms with van der Waals surface area (Å²) in [5, 5.41) is 0. The number of methoxy groups -OCH3 is 1. The fraction of sp³-hybridized carbons (Fsp3) is 0.118. The van der Waals surface area contributed by atoms with Crippen LogP contribution in [0, 0.1) is 0 Å². The molecule has 0 spiro atoms. The molecule has 0 N–H and O–H groups in total. The first kappa shape index (κ1) is 12.5. The van der Waals surface area contributed by atoms with E-state index in [0.29, 0.717) is 5.57 Å². The van der Waals surface area contributed by atoms with E-state index < -0.39 is 0 Å². The Morgan fingerprint density at radius 2 is 1.95 bits per heavy atom. The zero-order valence-corrected chi connectivity index (χ0v) is 11.1. The van der Waals surface area contributed by atoms with E-state index >= 15 is 0 Å². The average Bonchev–Trinajstić information content (AvgIpc) is 2.53. The summed E-state index contributed by atoms with van der Waals surface area (Å²) in [4.78, 5) is 11.3. The fourth-order valence-electron chi connectivity index (χ4n) is 2.30. The molecule has 2 aromatic carbocycles. The largest absolute Gasteiger partial charge is 0.497 e. The minimum atomic E-state index is -0.367. The molecule has 3 nitrogen and oxygen atoms in total. The van der Waals surface area contributed by atoms with Crippen LogP contribution in [0.3, 0.4) is 0 Å². The van der Waals surface area contributed by atoms with E-state index in [1.165, 1.54) is 0 Å². The third-order valence-electron chi connectivity index (χ3n) is 3.33. The van der Waals surface area contributed by atoms with Gasteiger partial charge in [0.1, 0.15) is 17.8 Å². The van der Waals surface area contributed by atoms with Crippen molar-refractivity contribution in [2.45, 2.75) is 6.10 Å². The van der Waals surface area contributed by atoms with Crippen molar-refractivity contribution in [2.24, 2.45) is 0 Å². The number of ether oxygens (including phenoxy) is 2. The van der Waals surface area contributed by atoms with Crippen molar-refractivity contribution < 1.29 is 14.3 Å². The quantitative estimate of drug-likeness (QED) is 0.799. The normalized spacial score (nSPS) is 16.6. The second-order valence-electron chi connectivity index (χ2n) is 4.57. The van der Waals surface area contributed by atoms with Gasteiger partial charge in [-0.1, -0.05) is 30.3 Å². The molecule has 0 bridgehead atoms.